The van der Waals surface area contributed by atoms with E-state index in [4.69, 9.17) is 14.6 Å². The maximum absolute atomic E-state index is 13.4. The first-order chi connectivity index (χ1) is 8.97. The highest BCUT2D eigenvalue weighted by Crippen LogP contribution is 2.30. The summed E-state index contributed by atoms with van der Waals surface area (Å²) in [7, 11) is 0. The predicted octanol–water partition coefficient (Wildman–Crippen LogP) is 1.85. The predicted molar refractivity (Wildman–Crippen MR) is 62.0 cm³/mol. The van der Waals surface area contributed by atoms with Gasteiger partial charge in [0.05, 0.1) is 11.5 Å². The largest absolute Gasteiger partial charge is 0.484 e. The number of carbonyl (C=O) groups is 1. The van der Waals surface area contributed by atoms with Crippen molar-refractivity contribution in [2.75, 3.05) is 19.8 Å². The summed E-state index contributed by atoms with van der Waals surface area (Å²) in [5.74, 6) is -3.00. The molecule has 0 unspecified atom stereocenters. The molecule has 0 saturated carbocycles. The summed E-state index contributed by atoms with van der Waals surface area (Å²) in [6.07, 6.45) is 0. The molecule has 1 N–H and O–H groups in total. The SMILES string of the molecule is CCOCCOc1cc(F)c(C(=O)O)cc1[N+](=O)[O-]. The zero-order valence-electron chi connectivity index (χ0n) is 10.1. The number of halogens is 1. The molecule has 1 aromatic rings. The minimum absolute atomic E-state index is 0.000534. The van der Waals surface area contributed by atoms with Gasteiger partial charge >= 0.3 is 11.7 Å². The molecule has 7 nitrogen and oxygen atoms in total. The monoisotopic (exact) mass is 273 g/mol. The van der Waals surface area contributed by atoms with Gasteiger partial charge in [0.15, 0.2) is 5.75 Å². The molecule has 0 aromatic heterocycles. The van der Waals surface area contributed by atoms with Crippen molar-refractivity contribution in [3.63, 3.8) is 0 Å². The maximum Gasteiger partial charge on any atom is 0.338 e. The van der Waals surface area contributed by atoms with Gasteiger partial charge in [-0.25, -0.2) is 9.18 Å². The molecule has 0 atom stereocenters. The van der Waals surface area contributed by atoms with Crippen LogP contribution in [0.25, 0.3) is 0 Å². The standard InChI is InChI=1S/C11H12FNO6/c1-2-18-3-4-19-10-6-8(12)7(11(14)15)5-9(10)13(16)17/h5-6H,2-4H2,1H3,(H,14,15). The molecule has 0 fully saturated rings. The summed E-state index contributed by atoms with van der Waals surface area (Å²) in [6.45, 7) is 2.41. The number of hydrogen-bond donors (Lipinski definition) is 1. The number of nitro groups is 1. The summed E-state index contributed by atoms with van der Waals surface area (Å²) in [5, 5.41) is 19.5. The molecule has 0 amide bonds. The van der Waals surface area contributed by atoms with E-state index in [1.165, 1.54) is 0 Å². The number of ether oxygens (including phenoxy) is 2. The number of nitrogens with zero attached hydrogens (tertiary/aromatic N) is 1. The third-order valence-corrected chi connectivity index (χ3v) is 2.17. The third kappa shape index (κ3) is 3.88. The van der Waals surface area contributed by atoms with Crippen LogP contribution < -0.4 is 4.74 Å². The van der Waals surface area contributed by atoms with Crippen LogP contribution in [0.2, 0.25) is 0 Å². The fourth-order valence-electron chi connectivity index (χ4n) is 1.32. The molecule has 0 aliphatic heterocycles. The first-order valence-corrected chi connectivity index (χ1v) is 5.39. The van der Waals surface area contributed by atoms with Crippen molar-refractivity contribution in [3.8, 4) is 5.75 Å². The normalized spacial score (nSPS) is 10.2. The number of benzene rings is 1. The number of rotatable bonds is 7. The molecule has 0 aliphatic carbocycles. The van der Waals surface area contributed by atoms with Crippen molar-refractivity contribution in [1.29, 1.82) is 0 Å². The Morgan fingerprint density at radius 1 is 1.47 bits per heavy atom. The number of carboxylic acid groups (broad SMARTS) is 1. The van der Waals surface area contributed by atoms with E-state index in [1.54, 1.807) is 6.92 Å². The molecule has 1 rings (SSSR count). The molecular formula is C11H12FNO6. The van der Waals surface area contributed by atoms with Crippen molar-refractivity contribution < 1.29 is 28.7 Å². The third-order valence-electron chi connectivity index (χ3n) is 2.17. The van der Waals surface area contributed by atoms with Crippen LogP contribution in [-0.2, 0) is 4.74 Å². The van der Waals surface area contributed by atoms with Gasteiger partial charge in [0, 0.05) is 18.7 Å². The van der Waals surface area contributed by atoms with Gasteiger partial charge in [-0.05, 0) is 6.92 Å². The molecule has 19 heavy (non-hydrogen) atoms. The summed E-state index contributed by atoms with van der Waals surface area (Å²) >= 11 is 0. The molecule has 0 aliphatic rings. The van der Waals surface area contributed by atoms with Gasteiger partial charge in [0.2, 0.25) is 0 Å². The van der Waals surface area contributed by atoms with Gasteiger partial charge in [-0.2, -0.15) is 0 Å². The summed E-state index contributed by atoms with van der Waals surface area (Å²) in [6, 6.07) is 1.32. The van der Waals surface area contributed by atoms with Crippen LogP contribution in [0.4, 0.5) is 10.1 Å². The molecule has 1 aromatic carbocycles. The van der Waals surface area contributed by atoms with E-state index in [0.717, 1.165) is 0 Å². The minimum atomic E-state index is -1.58. The lowest BCUT2D eigenvalue weighted by molar-refractivity contribution is -0.386. The highest BCUT2D eigenvalue weighted by Gasteiger charge is 2.22. The van der Waals surface area contributed by atoms with Crippen LogP contribution in [0.15, 0.2) is 12.1 Å². The van der Waals surface area contributed by atoms with E-state index < -0.39 is 28.0 Å². The zero-order valence-corrected chi connectivity index (χ0v) is 10.1. The zero-order chi connectivity index (χ0) is 14.4. The van der Waals surface area contributed by atoms with Crippen molar-refractivity contribution in [1.82, 2.24) is 0 Å². The molecule has 0 radical (unpaired) electrons. The van der Waals surface area contributed by atoms with Crippen LogP contribution in [0, 0.1) is 15.9 Å². The van der Waals surface area contributed by atoms with E-state index in [0.29, 0.717) is 18.7 Å². The minimum Gasteiger partial charge on any atom is -0.484 e. The van der Waals surface area contributed by atoms with Gasteiger partial charge in [-0.1, -0.05) is 0 Å². The summed E-state index contributed by atoms with van der Waals surface area (Å²) in [5.41, 5.74) is -1.38. The fourth-order valence-corrected chi connectivity index (χ4v) is 1.32. The second-order valence-electron chi connectivity index (χ2n) is 3.41. The number of aromatic carboxylic acids is 1. The Bertz CT molecular complexity index is 490. The second-order valence-corrected chi connectivity index (χ2v) is 3.41. The number of carboxylic acids is 1. The molecule has 0 bridgehead atoms. The molecule has 104 valence electrons. The van der Waals surface area contributed by atoms with Gasteiger partial charge in [-0.3, -0.25) is 10.1 Å². The Kier molecular flexibility index (Phi) is 5.19. The molecular weight excluding hydrogens is 261 g/mol. The molecule has 0 spiro atoms. The Morgan fingerprint density at radius 2 is 2.16 bits per heavy atom. The van der Waals surface area contributed by atoms with Crippen LogP contribution in [0.1, 0.15) is 17.3 Å². The fraction of sp³-hybridized carbons (Fsp3) is 0.364. The van der Waals surface area contributed by atoms with Gasteiger partial charge < -0.3 is 14.6 Å². The molecule has 0 saturated heterocycles. The quantitative estimate of drug-likeness (QED) is 0.462. The Balaban J connectivity index is 2.99. The summed E-state index contributed by atoms with van der Waals surface area (Å²) in [4.78, 5) is 20.6. The highest BCUT2D eigenvalue weighted by molar-refractivity contribution is 5.89. The first-order valence-electron chi connectivity index (χ1n) is 5.39. The van der Waals surface area contributed by atoms with Crippen LogP contribution in [0.3, 0.4) is 0 Å². The van der Waals surface area contributed by atoms with E-state index in [-0.39, 0.29) is 19.0 Å². The smallest absolute Gasteiger partial charge is 0.338 e. The lowest BCUT2D eigenvalue weighted by atomic mass is 10.1. The van der Waals surface area contributed by atoms with E-state index in [1.807, 2.05) is 0 Å². The molecule has 0 heterocycles. The maximum atomic E-state index is 13.4. The van der Waals surface area contributed by atoms with Crippen molar-refractivity contribution in [3.05, 3.63) is 33.6 Å². The molecule has 8 heteroatoms. The Labute approximate surface area is 107 Å². The highest BCUT2D eigenvalue weighted by atomic mass is 19.1. The van der Waals surface area contributed by atoms with Crippen LogP contribution in [0.5, 0.6) is 5.75 Å². The average molecular weight is 273 g/mol. The van der Waals surface area contributed by atoms with E-state index in [9.17, 15) is 19.3 Å². The second kappa shape index (κ2) is 6.64. The summed E-state index contributed by atoms with van der Waals surface area (Å²) < 4.78 is 23.4. The van der Waals surface area contributed by atoms with E-state index >= 15 is 0 Å². The van der Waals surface area contributed by atoms with Gasteiger partial charge in [-0.15, -0.1) is 0 Å². The van der Waals surface area contributed by atoms with E-state index in [2.05, 4.69) is 0 Å². The number of nitro benzene ring substituents is 1. The van der Waals surface area contributed by atoms with Crippen molar-refractivity contribution in [2.24, 2.45) is 0 Å². The van der Waals surface area contributed by atoms with Crippen LogP contribution >= 0.6 is 0 Å². The first kappa shape index (κ1) is 14.8. The average Bonchev–Trinajstić information content (AvgIpc) is 2.33. The topological polar surface area (TPSA) is 98.9 Å². The van der Waals surface area contributed by atoms with Gasteiger partial charge in [0.25, 0.3) is 0 Å². The lowest BCUT2D eigenvalue weighted by Crippen LogP contribution is -2.09. The van der Waals surface area contributed by atoms with Crippen molar-refractivity contribution >= 4 is 11.7 Å². The van der Waals surface area contributed by atoms with Crippen molar-refractivity contribution in [2.45, 2.75) is 6.92 Å². The lowest BCUT2D eigenvalue weighted by Gasteiger charge is -2.08. The Morgan fingerprint density at radius 3 is 2.68 bits per heavy atom. The Hall–Kier alpha value is -2.22. The van der Waals surface area contributed by atoms with Crippen LogP contribution in [-0.4, -0.2) is 35.8 Å². The van der Waals surface area contributed by atoms with Gasteiger partial charge in [0.1, 0.15) is 18.0 Å². The number of hydrogen-bond acceptors (Lipinski definition) is 5.